The molecule has 2 rings (SSSR count). The Bertz CT molecular complexity index is 715. The number of carbonyl (C=O) groups is 1. The van der Waals surface area contributed by atoms with Crippen molar-refractivity contribution in [3.8, 4) is 5.75 Å². The zero-order valence-corrected chi connectivity index (χ0v) is 12.3. The molecule has 0 bridgehead atoms. The quantitative estimate of drug-likeness (QED) is 0.331. The van der Waals surface area contributed by atoms with Crippen LogP contribution in [0, 0.1) is 5.41 Å². The molecule has 0 saturated heterocycles. The third kappa shape index (κ3) is 1.91. The van der Waals surface area contributed by atoms with Gasteiger partial charge in [0.1, 0.15) is 11.6 Å². The normalized spacial score (nSPS) is 17.7. The van der Waals surface area contributed by atoms with Gasteiger partial charge in [-0.05, 0) is 32.7 Å². The fourth-order valence-corrected chi connectivity index (χ4v) is 2.62. The Morgan fingerprint density at radius 3 is 2.52 bits per heavy atom. The first-order valence-corrected chi connectivity index (χ1v) is 6.38. The van der Waals surface area contributed by atoms with Crippen LogP contribution in [0.1, 0.15) is 29.8 Å². The van der Waals surface area contributed by atoms with Crippen molar-refractivity contribution in [3.63, 3.8) is 0 Å². The maximum atomic E-state index is 12.8. The number of hydrogen-bond acceptors (Lipinski definition) is 5. The van der Waals surface area contributed by atoms with Crippen molar-refractivity contribution in [1.82, 2.24) is 0 Å². The second-order valence-corrected chi connectivity index (χ2v) is 5.37. The van der Waals surface area contributed by atoms with Gasteiger partial charge in [0, 0.05) is 18.2 Å². The number of nitrogen functional groups attached to an aromatic ring is 1. The van der Waals surface area contributed by atoms with Crippen LogP contribution < -0.4 is 11.5 Å². The number of anilines is 1. The Hall–Kier alpha value is -2.63. The Morgan fingerprint density at radius 1 is 1.38 bits per heavy atom. The van der Waals surface area contributed by atoms with E-state index in [1.165, 1.54) is 6.07 Å². The van der Waals surface area contributed by atoms with Crippen molar-refractivity contribution in [2.24, 2.45) is 21.1 Å². The molecule has 0 unspecified atom stereocenters. The van der Waals surface area contributed by atoms with E-state index in [9.17, 15) is 9.90 Å². The number of aromatic hydroxyl groups is 1. The molecule has 1 aliphatic carbocycles. The van der Waals surface area contributed by atoms with E-state index in [0.29, 0.717) is 16.8 Å². The Kier molecular flexibility index (Phi) is 3.33. The average molecular weight is 286 g/mol. The SMILES string of the molecule is C=NC1=C(C(N)=NC)C(C)(C)C(=O)c2c1ccc(O)c2N. The lowest BCUT2D eigenvalue weighted by Gasteiger charge is -2.33. The van der Waals surface area contributed by atoms with Gasteiger partial charge in [0.2, 0.25) is 0 Å². The van der Waals surface area contributed by atoms with E-state index in [2.05, 4.69) is 16.7 Å². The molecule has 0 atom stereocenters. The van der Waals surface area contributed by atoms with Gasteiger partial charge in [0.05, 0.1) is 22.4 Å². The standard InChI is InChI=1S/C15H18N4O2/c1-15(2)10(14(17)19-4)12(18-3)7-5-6-8(20)11(16)9(7)13(15)21/h5-6,20H,3,16H2,1-2,4H3,(H2,17,19). The number of phenolic OH excluding ortho intramolecular Hbond substituents is 1. The van der Waals surface area contributed by atoms with Crippen LogP contribution in [-0.4, -0.2) is 30.5 Å². The van der Waals surface area contributed by atoms with Gasteiger partial charge in [0.25, 0.3) is 0 Å². The summed E-state index contributed by atoms with van der Waals surface area (Å²) in [4.78, 5) is 20.8. The maximum absolute atomic E-state index is 12.8. The lowest BCUT2D eigenvalue weighted by Crippen LogP contribution is -2.38. The van der Waals surface area contributed by atoms with E-state index in [1.54, 1.807) is 27.0 Å². The third-order valence-electron chi connectivity index (χ3n) is 3.79. The van der Waals surface area contributed by atoms with Gasteiger partial charge in [-0.3, -0.25) is 14.8 Å². The first kappa shape index (κ1) is 14.8. The zero-order valence-electron chi connectivity index (χ0n) is 12.3. The number of ketones is 1. The van der Waals surface area contributed by atoms with Crippen molar-refractivity contribution in [2.75, 3.05) is 12.8 Å². The number of Topliss-reactive ketones (excluding diaryl/α,β-unsaturated/α-hetero) is 1. The molecule has 0 radical (unpaired) electrons. The summed E-state index contributed by atoms with van der Waals surface area (Å²) >= 11 is 0. The number of nitrogens with two attached hydrogens (primary N) is 2. The van der Waals surface area contributed by atoms with Gasteiger partial charge in [-0.1, -0.05) is 0 Å². The molecule has 0 aromatic heterocycles. The van der Waals surface area contributed by atoms with E-state index in [-0.39, 0.29) is 28.6 Å². The molecular formula is C15H18N4O2. The molecule has 5 N–H and O–H groups in total. The summed E-state index contributed by atoms with van der Waals surface area (Å²) in [6.07, 6.45) is 0. The van der Waals surface area contributed by atoms with E-state index in [1.807, 2.05) is 0 Å². The van der Waals surface area contributed by atoms with Gasteiger partial charge in [-0.25, -0.2) is 0 Å². The van der Waals surface area contributed by atoms with Crippen molar-refractivity contribution < 1.29 is 9.90 Å². The summed E-state index contributed by atoms with van der Waals surface area (Å²) in [5.74, 6) is -0.144. The van der Waals surface area contributed by atoms with Crippen molar-refractivity contribution in [1.29, 1.82) is 0 Å². The van der Waals surface area contributed by atoms with Crippen LogP contribution in [0.15, 0.2) is 27.7 Å². The van der Waals surface area contributed by atoms with E-state index in [4.69, 9.17) is 11.5 Å². The summed E-state index contributed by atoms with van der Waals surface area (Å²) in [6.45, 7) is 7.00. The minimum absolute atomic E-state index is 0.0396. The molecule has 0 saturated carbocycles. The number of phenols is 1. The van der Waals surface area contributed by atoms with Gasteiger partial charge < -0.3 is 16.6 Å². The molecule has 6 heteroatoms. The zero-order chi connectivity index (χ0) is 15.9. The van der Waals surface area contributed by atoms with Crippen molar-refractivity contribution >= 4 is 29.7 Å². The minimum Gasteiger partial charge on any atom is -0.506 e. The largest absolute Gasteiger partial charge is 0.506 e. The van der Waals surface area contributed by atoms with E-state index < -0.39 is 5.41 Å². The van der Waals surface area contributed by atoms with Crippen LogP contribution in [0.25, 0.3) is 5.70 Å². The topological polar surface area (TPSA) is 114 Å². The lowest BCUT2D eigenvalue weighted by molar-refractivity contribution is 0.0877. The van der Waals surface area contributed by atoms with Crippen LogP contribution in [0.4, 0.5) is 5.69 Å². The predicted molar refractivity (Wildman–Crippen MR) is 84.6 cm³/mol. The van der Waals surface area contributed by atoms with Gasteiger partial charge in [-0.15, -0.1) is 0 Å². The van der Waals surface area contributed by atoms with Crippen LogP contribution in [0.2, 0.25) is 0 Å². The van der Waals surface area contributed by atoms with Crippen LogP contribution in [0.3, 0.4) is 0 Å². The minimum atomic E-state index is -0.963. The third-order valence-corrected chi connectivity index (χ3v) is 3.79. The molecule has 110 valence electrons. The van der Waals surface area contributed by atoms with Gasteiger partial charge in [-0.2, -0.15) is 0 Å². The second kappa shape index (κ2) is 4.73. The Labute approximate surface area is 122 Å². The predicted octanol–water partition coefficient (Wildman–Crippen LogP) is 1.60. The van der Waals surface area contributed by atoms with Gasteiger partial charge in [0.15, 0.2) is 5.78 Å². The molecule has 0 aliphatic heterocycles. The average Bonchev–Trinajstić information content (AvgIpc) is 2.45. The second-order valence-electron chi connectivity index (χ2n) is 5.37. The molecule has 0 heterocycles. The van der Waals surface area contributed by atoms with Crippen LogP contribution in [-0.2, 0) is 0 Å². The number of aliphatic imine (C=N–C) groups is 2. The molecule has 1 aromatic carbocycles. The highest BCUT2D eigenvalue weighted by Crippen LogP contribution is 2.46. The Balaban J connectivity index is 2.97. The molecule has 0 amide bonds. The van der Waals surface area contributed by atoms with Crippen molar-refractivity contribution in [3.05, 3.63) is 28.8 Å². The van der Waals surface area contributed by atoms with E-state index in [0.717, 1.165) is 0 Å². The highest BCUT2D eigenvalue weighted by atomic mass is 16.3. The Morgan fingerprint density at radius 2 is 2.00 bits per heavy atom. The number of rotatable bonds is 2. The summed E-state index contributed by atoms with van der Waals surface area (Å²) in [7, 11) is 1.55. The maximum Gasteiger partial charge on any atom is 0.175 e. The van der Waals surface area contributed by atoms with Crippen LogP contribution >= 0.6 is 0 Å². The lowest BCUT2D eigenvalue weighted by atomic mass is 9.70. The molecular weight excluding hydrogens is 268 g/mol. The smallest absolute Gasteiger partial charge is 0.175 e. The molecule has 21 heavy (non-hydrogen) atoms. The van der Waals surface area contributed by atoms with Gasteiger partial charge >= 0.3 is 0 Å². The fourth-order valence-electron chi connectivity index (χ4n) is 2.62. The molecule has 0 spiro atoms. The monoisotopic (exact) mass is 286 g/mol. The number of benzene rings is 1. The van der Waals surface area contributed by atoms with Crippen LogP contribution in [0.5, 0.6) is 5.75 Å². The molecule has 6 nitrogen and oxygen atoms in total. The first-order chi connectivity index (χ1) is 9.77. The molecule has 0 fully saturated rings. The summed E-state index contributed by atoms with van der Waals surface area (Å²) < 4.78 is 0. The summed E-state index contributed by atoms with van der Waals surface area (Å²) in [5, 5.41) is 9.76. The number of carbonyl (C=O) groups excluding carboxylic acids is 1. The highest BCUT2D eigenvalue weighted by Gasteiger charge is 2.43. The van der Waals surface area contributed by atoms with Crippen molar-refractivity contribution in [2.45, 2.75) is 13.8 Å². The first-order valence-electron chi connectivity index (χ1n) is 6.38. The highest BCUT2D eigenvalue weighted by molar-refractivity contribution is 6.21. The fraction of sp³-hybridized carbons (Fsp3) is 0.267. The number of nitrogens with zero attached hydrogens (tertiary/aromatic N) is 2. The summed E-state index contributed by atoms with van der Waals surface area (Å²) in [6, 6.07) is 3.00. The molecule has 1 aromatic rings. The molecule has 1 aliphatic rings. The van der Waals surface area contributed by atoms with E-state index >= 15 is 0 Å². The summed E-state index contributed by atoms with van der Waals surface area (Å²) in [5.41, 5.74) is 12.6. The number of hydrogen-bond donors (Lipinski definition) is 3. The number of amidine groups is 1. The number of fused-ring (bicyclic) bond motifs is 1.